The van der Waals surface area contributed by atoms with Crippen molar-refractivity contribution in [1.82, 2.24) is 0 Å². The van der Waals surface area contributed by atoms with Crippen molar-refractivity contribution >= 4 is 7.82 Å². The highest BCUT2D eigenvalue weighted by Crippen LogP contribution is 2.39. The normalized spacial score (nSPS) is 16.6. The predicted molar refractivity (Wildman–Crippen MR) is 52.7 cm³/mol. The molecule has 0 spiro atoms. The lowest BCUT2D eigenvalue weighted by molar-refractivity contribution is 0.0214. The molecule has 0 aromatic carbocycles. The first-order valence-corrected chi connectivity index (χ1v) is 6.32. The molecular formula is C8H19O5P. The molecule has 86 valence electrons. The van der Waals surface area contributed by atoms with Crippen molar-refractivity contribution in [2.45, 2.75) is 51.7 Å². The van der Waals surface area contributed by atoms with E-state index in [1.54, 1.807) is 0 Å². The topological polar surface area (TPSA) is 87.0 Å². The molecule has 2 unspecified atom stereocenters. The minimum absolute atomic E-state index is 0.469. The Balaban J connectivity index is 3.97. The quantitative estimate of drug-likeness (QED) is 0.451. The van der Waals surface area contributed by atoms with E-state index in [9.17, 15) is 9.67 Å². The molecule has 5 nitrogen and oxygen atoms in total. The summed E-state index contributed by atoms with van der Waals surface area (Å²) in [6.07, 6.45) is 1.61. The Morgan fingerprint density at radius 2 is 1.93 bits per heavy atom. The van der Waals surface area contributed by atoms with Crippen LogP contribution in [0.4, 0.5) is 0 Å². The monoisotopic (exact) mass is 226 g/mol. The van der Waals surface area contributed by atoms with Crippen LogP contribution in [0.15, 0.2) is 0 Å². The van der Waals surface area contributed by atoms with Crippen molar-refractivity contribution < 1.29 is 24.0 Å². The second kappa shape index (κ2) is 6.53. The van der Waals surface area contributed by atoms with Crippen LogP contribution in [-0.2, 0) is 9.09 Å². The van der Waals surface area contributed by atoms with E-state index >= 15 is 0 Å². The average molecular weight is 226 g/mol. The van der Waals surface area contributed by atoms with Crippen molar-refractivity contribution in [3.8, 4) is 0 Å². The lowest BCUT2D eigenvalue weighted by atomic mass is 10.1. The fourth-order valence-corrected chi connectivity index (χ4v) is 1.79. The largest absolute Gasteiger partial charge is 0.469 e. The third-order valence-corrected chi connectivity index (χ3v) is 2.45. The lowest BCUT2D eigenvalue weighted by Gasteiger charge is -2.20. The van der Waals surface area contributed by atoms with Crippen molar-refractivity contribution in [3.05, 3.63) is 0 Å². The summed E-state index contributed by atoms with van der Waals surface area (Å²) in [6, 6.07) is 0. The molecule has 0 saturated heterocycles. The van der Waals surface area contributed by atoms with E-state index in [2.05, 4.69) is 4.52 Å². The van der Waals surface area contributed by atoms with Crippen LogP contribution in [0, 0.1) is 0 Å². The van der Waals surface area contributed by atoms with Crippen LogP contribution >= 0.6 is 7.82 Å². The number of hydrogen-bond donors (Lipinski definition) is 3. The highest BCUT2D eigenvalue weighted by atomic mass is 31.2. The number of rotatable bonds is 7. The number of phosphoric acid groups is 1. The molecular weight excluding hydrogens is 207 g/mol. The maximum Gasteiger partial charge on any atom is 0.469 e. The van der Waals surface area contributed by atoms with E-state index in [1.807, 2.05) is 6.92 Å². The van der Waals surface area contributed by atoms with Gasteiger partial charge in [-0.25, -0.2) is 4.57 Å². The number of hydrogen-bond acceptors (Lipinski definition) is 3. The van der Waals surface area contributed by atoms with Crippen LogP contribution in [0.25, 0.3) is 0 Å². The smallest absolute Gasteiger partial charge is 0.391 e. The van der Waals surface area contributed by atoms with Gasteiger partial charge in [0.1, 0.15) is 0 Å². The summed E-state index contributed by atoms with van der Waals surface area (Å²) >= 11 is 0. The van der Waals surface area contributed by atoms with Crippen LogP contribution < -0.4 is 0 Å². The average Bonchev–Trinajstić information content (AvgIpc) is 2.00. The van der Waals surface area contributed by atoms with E-state index in [-0.39, 0.29) is 0 Å². The van der Waals surface area contributed by atoms with Gasteiger partial charge in [-0.3, -0.25) is 4.52 Å². The summed E-state index contributed by atoms with van der Waals surface area (Å²) in [6.45, 7) is 3.49. The van der Waals surface area contributed by atoms with Gasteiger partial charge in [0.15, 0.2) is 0 Å². The molecule has 0 aliphatic rings. The number of aliphatic hydroxyl groups excluding tert-OH is 1. The highest BCUT2D eigenvalue weighted by Gasteiger charge is 2.25. The molecule has 0 bridgehead atoms. The van der Waals surface area contributed by atoms with Gasteiger partial charge in [0.05, 0.1) is 12.2 Å². The molecule has 0 aromatic heterocycles. The van der Waals surface area contributed by atoms with E-state index in [1.165, 1.54) is 6.92 Å². The van der Waals surface area contributed by atoms with Gasteiger partial charge in [-0.05, 0) is 13.3 Å². The Labute approximate surface area is 84.3 Å². The number of aliphatic hydroxyl groups is 1. The Morgan fingerprint density at radius 1 is 1.36 bits per heavy atom. The zero-order chi connectivity index (χ0) is 11.2. The standard InChI is InChI=1S/C8H19O5P/c1-3-4-5-6-8(7(2)9)13-14(10,11)12/h7-9H,3-6H2,1-2H3,(H2,10,11,12). The molecule has 6 heteroatoms. The SMILES string of the molecule is CCCCCC(OP(=O)(O)O)C(C)O. The number of unbranched alkanes of at least 4 members (excludes halogenated alkanes) is 2. The molecule has 0 saturated carbocycles. The highest BCUT2D eigenvalue weighted by molar-refractivity contribution is 7.46. The summed E-state index contributed by atoms with van der Waals surface area (Å²) in [5.74, 6) is 0. The van der Waals surface area contributed by atoms with Gasteiger partial charge in [0.25, 0.3) is 0 Å². The van der Waals surface area contributed by atoms with Crippen LogP contribution in [-0.4, -0.2) is 27.1 Å². The first kappa shape index (κ1) is 14.1. The van der Waals surface area contributed by atoms with Crippen LogP contribution in [0.3, 0.4) is 0 Å². The Kier molecular flexibility index (Phi) is 6.57. The van der Waals surface area contributed by atoms with Crippen molar-refractivity contribution in [2.75, 3.05) is 0 Å². The third-order valence-electron chi connectivity index (χ3n) is 1.90. The summed E-state index contributed by atoms with van der Waals surface area (Å²) in [4.78, 5) is 17.1. The van der Waals surface area contributed by atoms with Crippen molar-refractivity contribution in [2.24, 2.45) is 0 Å². The van der Waals surface area contributed by atoms with E-state index in [4.69, 9.17) is 9.79 Å². The fraction of sp³-hybridized carbons (Fsp3) is 1.00. The fourth-order valence-electron chi connectivity index (χ4n) is 1.15. The maximum absolute atomic E-state index is 10.5. The van der Waals surface area contributed by atoms with Gasteiger partial charge in [0, 0.05) is 0 Å². The molecule has 3 N–H and O–H groups in total. The summed E-state index contributed by atoms with van der Waals surface area (Å²) in [7, 11) is -4.48. The van der Waals surface area contributed by atoms with Crippen LogP contribution in [0.5, 0.6) is 0 Å². The van der Waals surface area contributed by atoms with Crippen molar-refractivity contribution in [3.63, 3.8) is 0 Å². The first-order valence-electron chi connectivity index (χ1n) is 4.79. The Morgan fingerprint density at radius 3 is 2.29 bits per heavy atom. The molecule has 0 radical (unpaired) electrons. The van der Waals surface area contributed by atoms with Crippen LogP contribution in [0.1, 0.15) is 39.5 Å². The zero-order valence-electron chi connectivity index (χ0n) is 8.59. The van der Waals surface area contributed by atoms with Gasteiger partial charge in [-0.15, -0.1) is 0 Å². The van der Waals surface area contributed by atoms with Gasteiger partial charge in [-0.1, -0.05) is 26.2 Å². The molecule has 0 rings (SSSR count). The van der Waals surface area contributed by atoms with Gasteiger partial charge in [-0.2, -0.15) is 0 Å². The minimum Gasteiger partial charge on any atom is -0.391 e. The zero-order valence-corrected chi connectivity index (χ0v) is 9.48. The first-order chi connectivity index (χ1) is 6.37. The predicted octanol–water partition coefficient (Wildman–Crippen LogP) is 1.43. The van der Waals surface area contributed by atoms with E-state index < -0.39 is 20.0 Å². The molecule has 0 aromatic rings. The summed E-state index contributed by atoms with van der Waals surface area (Å²) in [5, 5.41) is 9.21. The summed E-state index contributed by atoms with van der Waals surface area (Å²) < 4.78 is 15.0. The molecule has 0 heterocycles. The third kappa shape index (κ3) is 7.47. The van der Waals surface area contributed by atoms with Gasteiger partial charge >= 0.3 is 7.82 Å². The minimum atomic E-state index is -4.48. The molecule has 2 atom stereocenters. The van der Waals surface area contributed by atoms with E-state index in [0.717, 1.165) is 19.3 Å². The lowest BCUT2D eigenvalue weighted by Crippen LogP contribution is -2.25. The molecule has 0 aliphatic heterocycles. The van der Waals surface area contributed by atoms with E-state index in [0.29, 0.717) is 6.42 Å². The second-order valence-corrected chi connectivity index (χ2v) is 4.56. The maximum atomic E-state index is 10.5. The Bertz CT molecular complexity index is 188. The number of phosphoric ester groups is 1. The molecule has 0 aliphatic carbocycles. The second-order valence-electron chi connectivity index (χ2n) is 3.37. The molecule has 14 heavy (non-hydrogen) atoms. The molecule has 0 amide bonds. The van der Waals surface area contributed by atoms with Crippen LogP contribution in [0.2, 0.25) is 0 Å². The molecule has 0 fully saturated rings. The van der Waals surface area contributed by atoms with Gasteiger partial charge in [0.2, 0.25) is 0 Å². The van der Waals surface area contributed by atoms with Crippen molar-refractivity contribution in [1.29, 1.82) is 0 Å². The Hall–Kier alpha value is 0.0700. The van der Waals surface area contributed by atoms with Gasteiger partial charge < -0.3 is 14.9 Å². The summed E-state index contributed by atoms with van der Waals surface area (Å²) in [5.41, 5.74) is 0.